The summed E-state index contributed by atoms with van der Waals surface area (Å²) in [6.07, 6.45) is 3.64. The Morgan fingerprint density at radius 3 is 2.87 bits per heavy atom. The zero-order chi connectivity index (χ0) is 15.5. The largest absolute Gasteiger partial charge is 0.481 e. The van der Waals surface area contributed by atoms with Gasteiger partial charge < -0.3 is 15.0 Å². The number of halogens is 1. The van der Waals surface area contributed by atoms with Gasteiger partial charge in [0.25, 0.3) is 5.91 Å². The lowest BCUT2D eigenvalue weighted by Gasteiger charge is -2.31. The van der Waals surface area contributed by atoms with E-state index < -0.39 is 0 Å². The minimum Gasteiger partial charge on any atom is -0.481 e. The van der Waals surface area contributed by atoms with Gasteiger partial charge in [0.15, 0.2) is 6.10 Å². The van der Waals surface area contributed by atoms with E-state index in [9.17, 15) is 4.79 Å². The fraction of sp³-hybridized carbons (Fsp3) is 0.611. The summed E-state index contributed by atoms with van der Waals surface area (Å²) in [6.45, 7) is 6.00. The van der Waals surface area contributed by atoms with Crippen molar-refractivity contribution in [1.29, 1.82) is 0 Å². The van der Waals surface area contributed by atoms with Crippen LogP contribution in [0.5, 0.6) is 5.75 Å². The number of carbonyl (C=O) groups excluding carboxylic acids is 1. The first-order chi connectivity index (χ1) is 10.7. The first kappa shape index (κ1) is 18.1. The standard InChI is InChI=1S/C18H26N2O2.ClH/c1-3-17(22-16-6-4-5-13(2)11-16)18(21)20-14-7-8-15(20)12-19-10-9-14;/h4-6,11,14-15,17,19H,3,7-10,12H2,1-2H3;1H. The average molecular weight is 339 g/mol. The zero-order valence-electron chi connectivity index (χ0n) is 14.0. The van der Waals surface area contributed by atoms with Crippen molar-refractivity contribution in [2.24, 2.45) is 0 Å². The molecule has 1 aromatic carbocycles. The lowest BCUT2D eigenvalue weighted by Crippen LogP contribution is -2.48. The molecule has 5 heteroatoms. The van der Waals surface area contributed by atoms with Gasteiger partial charge in [-0.05, 0) is 56.8 Å². The lowest BCUT2D eigenvalue weighted by molar-refractivity contribution is -0.141. The fourth-order valence-electron chi connectivity index (χ4n) is 3.67. The van der Waals surface area contributed by atoms with Crippen LogP contribution in [-0.2, 0) is 4.79 Å². The molecule has 23 heavy (non-hydrogen) atoms. The van der Waals surface area contributed by atoms with Crippen molar-refractivity contribution in [1.82, 2.24) is 10.2 Å². The van der Waals surface area contributed by atoms with E-state index in [0.29, 0.717) is 18.5 Å². The van der Waals surface area contributed by atoms with Crippen molar-refractivity contribution in [2.75, 3.05) is 13.1 Å². The number of fused-ring (bicyclic) bond motifs is 2. The minimum absolute atomic E-state index is 0. The van der Waals surface area contributed by atoms with Gasteiger partial charge in [0, 0.05) is 18.6 Å². The van der Waals surface area contributed by atoms with Crippen molar-refractivity contribution >= 4 is 18.3 Å². The molecule has 2 heterocycles. The Morgan fingerprint density at radius 1 is 1.35 bits per heavy atom. The summed E-state index contributed by atoms with van der Waals surface area (Å²) >= 11 is 0. The Labute approximate surface area is 145 Å². The van der Waals surface area contributed by atoms with Crippen LogP contribution >= 0.6 is 12.4 Å². The van der Waals surface area contributed by atoms with E-state index in [-0.39, 0.29) is 24.4 Å². The lowest BCUT2D eigenvalue weighted by atomic mass is 10.1. The van der Waals surface area contributed by atoms with Gasteiger partial charge in [-0.25, -0.2) is 0 Å². The SMILES string of the molecule is CCC(Oc1cccc(C)c1)C(=O)N1C2CCNCC1CC2.Cl. The topological polar surface area (TPSA) is 41.6 Å². The normalized spacial score (nSPS) is 24.5. The number of carbonyl (C=O) groups is 1. The molecule has 0 aromatic heterocycles. The third-order valence-corrected chi connectivity index (χ3v) is 4.82. The summed E-state index contributed by atoms with van der Waals surface area (Å²) in [6, 6.07) is 8.67. The van der Waals surface area contributed by atoms with Gasteiger partial charge in [0.1, 0.15) is 5.75 Å². The zero-order valence-corrected chi connectivity index (χ0v) is 14.8. The van der Waals surface area contributed by atoms with Gasteiger partial charge in [-0.15, -0.1) is 12.4 Å². The summed E-state index contributed by atoms with van der Waals surface area (Å²) in [4.78, 5) is 15.1. The molecule has 2 saturated heterocycles. The number of nitrogens with one attached hydrogen (secondary N) is 1. The van der Waals surface area contributed by atoms with Gasteiger partial charge >= 0.3 is 0 Å². The third-order valence-electron chi connectivity index (χ3n) is 4.82. The molecule has 0 aliphatic carbocycles. The van der Waals surface area contributed by atoms with Crippen molar-refractivity contribution < 1.29 is 9.53 Å². The van der Waals surface area contributed by atoms with E-state index in [4.69, 9.17) is 4.74 Å². The molecule has 2 fully saturated rings. The maximum atomic E-state index is 13.0. The fourth-order valence-corrected chi connectivity index (χ4v) is 3.67. The predicted molar refractivity (Wildman–Crippen MR) is 94.3 cm³/mol. The first-order valence-corrected chi connectivity index (χ1v) is 8.45. The second-order valence-corrected chi connectivity index (χ2v) is 6.45. The van der Waals surface area contributed by atoms with E-state index in [1.54, 1.807) is 0 Å². The van der Waals surface area contributed by atoms with Gasteiger partial charge in [0.05, 0.1) is 0 Å². The highest BCUT2D eigenvalue weighted by Gasteiger charge is 2.40. The van der Waals surface area contributed by atoms with Crippen LogP contribution in [-0.4, -0.2) is 42.1 Å². The highest BCUT2D eigenvalue weighted by atomic mass is 35.5. The van der Waals surface area contributed by atoms with Crippen LogP contribution in [0.2, 0.25) is 0 Å². The number of nitrogens with zero attached hydrogens (tertiary/aromatic N) is 1. The smallest absolute Gasteiger partial charge is 0.264 e. The molecule has 3 unspecified atom stereocenters. The monoisotopic (exact) mass is 338 g/mol. The molecule has 2 aliphatic rings. The first-order valence-electron chi connectivity index (χ1n) is 8.45. The number of ether oxygens (including phenoxy) is 1. The van der Waals surface area contributed by atoms with Gasteiger partial charge in [-0.2, -0.15) is 0 Å². The summed E-state index contributed by atoms with van der Waals surface area (Å²) in [7, 11) is 0. The van der Waals surface area contributed by atoms with Crippen LogP contribution in [0.1, 0.15) is 38.2 Å². The van der Waals surface area contributed by atoms with Gasteiger partial charge in [-0.1, -0.05) is 19.1 Å². The van der Waals surface area contributed by atoms with Crippen LogP contribution in [0, 0.1) is 6.92 Å². The number of aryl methyl sites for hydroxylation is 1. The quantitative estimate of drug-likeness (QED) is 0.917. The Bertz CT molecular complexity index is 524. The third kappa shape index (κ3) is 3.99. The Balaban J connectivity index is 0.00000192. The van der Waals surface area contributed by atoms with Crippen molar-refractivity contribution in [3.05, 3.63) is 29.8 Å². The summed E-state index contributed by atoms with van der Waals surface area (Å²) < 4.78 is 6.01. The highest BCUT2D eigenvalue weighted by molar-refractivity contribution is 5.85. The van der Waals surface area contributed by atoms with Crippen LogP contribution < -0.4 is 10.1 Å². The summed E-state index contributed by atoms with van der Waals surface area (Å²) in [5.74, 6) is 0.959. The minimum atomic E-state index is -0.372. The molecule has 4 nitrogen and oxygen atoms in total. The molecule has 128 valence electrons. The molecule has 0 radical (unpaired) electrons. The van der Waals surface area contributed by atoms with Gasteiger partial charge in [0.2, 0.25) is 0 Å². The van der Waals surface area contributed by atoms with E-state index in [1.165, 1.54) is 0 Å². The molecule has 3 rings (SSSR count). The molecular weight excluding hydrogens is 312 g/mol. The maximum Gasteiger partial charge on any atom is 0.264 e. The Morgan fingerprint density at radius 2 is 2.13 bits per heavy atom. The number of amides is 1. The van der Waals surface area contributed by atoms with E-state index in [1.807, 2.05) is 38.1 Å². The van der Waals surface area contributed by atoms with Crippen molar-refractivity contribution in [3.63, 3.8) is 0 Å². The summed E-state index contributed by atoms with van der Waals surface area (Å²) in [5, 5.41) is 3.44. The molecule has 0 spiro atoms. The van der Waals surface area contributed by atoms with Crippen molar-refractivity contribution in [2.45, 2.75) is 57.7 Å². The predicted octanol–water partition coefficient (Wildman–Crippen LogP) is 2.93. The number of rotatable bonds is 4. The van der Waals surface area contributed by atoms with Gasteiger partial charge in [-0.3, -0.25) is 4.79 Å². The van der Waals surface area contributed by atoms with Crippen LogP contribution in [0.15, 0.2) is 24.3 Å². The average Bonchev–Trinajstić information content (AvgIpc) is 2.77. The Hall–Kier alpha value is -1.26. The van der Waals surface area contributed by atoms with E-state index in [0.717, 1.165) is 43.7 Å². The second-order valence-electron chi connectivity index (χ2n) is 6.45. The van der Waals surface area contributed by atoms with E-state index >= 15 is 0 Å². The number of benzene rings is 1. The molecule has 3 atom stereocenters. The highest BCUT2D eigenvalue weighted by Crippen LogP contribution is 2.29. The summed E-state index contributed by atoms with van der Waals surface area (Å²) in [5.41, 5.74) is 1.15. The van der Waals surface area contributed by atoms with Crippen LogP contribution in [0.3, 0.4) is 0 Å². The van der Waals surface area contributed by atoms with Crippen LogP contribution in [0.25, 0.3) is 0 Å². The van der Waals surface area contributed by atoms with Crippen molar-refractivity contribution in [3.8, 4) is 5.75 Å². The molecule has 1 aromatic rings. The molecule has 1 N–H and O–H groups in total. The Kier molecular flexibility index (Phi) is 6.31. The number of hydrogen-bond acceptors (Lipinski definition) is 3. The molecule has 0 saturated carbocycles. The molecular formula is C18H27ClN2O2. The van der Waals surface area contributed by atoms with E-state index in [2.05, 4.69) is 10.2 Å². The van der Waals surface area contributed by atoms with Crippen LogP contribution in [0.4, 0.5) is 0 Å². The maximum absolute atomic E-state index is 13.0. The molecule has 1 amide bonds. The molecule has 2 aliphatic heterocycles. The second kappa shape index (κ2) is 8.02. The number of hydrogen-bond donors (Lipinski definition) is 1. The molecule has 2 bridgehead atoms.